The second-order valence-corrected chi connectivity index (χ2v) is 8.07. The highest BCUT2D eigenvalue weighted by molar-refractivity contribution is 7.87. The van der Waals surface area contributed by atoms with Gasteiger partial charge in [-0.3, -0.25) is 0 Å². The summed E-state index contributed by atoms with van der Waals surface area (Å²) in [7, 11) is -2.15. The number of methoxy groups -OCH3 is 1. The third kappa shape index (κ3) is 5.09. The summed E-state index contributed by atoms with van der Waals surface area (Å²) in [6.07, 6.45) is 2.57. The number of hydrogen-bond acceptors (Lipinski definition) is 5. The molecule has 1 fully saturated rings. The van der Waals surface area contributed by atoms with Crippen molar-refractivity contribution in [2.24, 2.45) is 0 Å². The highest BCUT2D eigenvalue weighted by Gasteiger charge is 2.21. The van der Waals surface area contributed by atoms with Gasteiger partial charge >= 0.3 is 10.1 Å². The maximum atomic E-state index is 12.0. The van der Waals surface area contributed by atoms with Crippen molar-refractivity contribution in [3.8, 4) is 11.5 Å². The normalized spacial score (nSPS) is 18.3. The zero-order chi connectivity index (χ0) is 16.9. The van der Waals surface area contributed by atoms with Crippen molar-refractivity contribution in [3.05, 3.63) is 23.8 Å². The molecular weight excluding hydrogens is 318 g/mol. The van der Waals surface area contributed by atoms with Gasteiger partial charge in [0.05, 0.1) is 12.4 Å². The van der Waals surface area contributed by atoms with E-state index in [1.807, 2.05) is 6.07 Å². The largest absolute Gasteiger partial charge is 0.493 e. The topological polar surface area (TPSA) is 78.4 Å². The molecule has 0 saturated carbocycles. The minimum atomic E-state index is -3.64. The summed E-state index contributed by atoms with van der Waals surface area (Å²) in [5, 5.41) is 1.56. The Labute approximate surface area is 138 Å². The summed E-state index contributed by atoms with van der Waals surface area (Å²) in [6.45, 7) is 5.67. The maximum absolute atomic E-state index is 12.0. The van der Waals surface area contributed by atoms with Gasteiger partial charge in [-0.05, 0) is 44.9 Å². The second-order valence-electron chi connectivity index (χ2n) is 5.97. The Kier molecular flexibility index (Phi) is 6.26. The minimum Gasteiger partial charge on any atom is -0.493 e. The predicted molar refractivity (Wildman–Crippen MR) is 87.1 cm³/mol. The molecule has 23 heavy (non-hydrogen) atoms. The van der Waals surface area contributed by atoms with Crippen LogP contribution >= 0.6 is 0 Å². The molecule has 2 N–H and O–H groups in total. The number of benzene rings is 1. The Bertz CT molecular complexity index is 609. The molecule has 1 atom stereocenters. The summed E-state index contributed by atoms with van der Waals surface area (Å²) in [4.78, 5) is 0. The molecule has 7 heteroatoms. The molecule has 2 rings (SSSR count). The van der Waals surface area contributed by atoms with Crippen molar-refractivity contribution in [3.63, 3.8) is 0 Å². The van der Waals surface area contributed by atoms with Crippen LogP contribution in [0.2, 0.25) is 0 Å². The first kappa shape index (κ1) is 18.0. The summed E-state index contributed by atoms with van der Waals surface area (Å²) >= 11 is 0. The highest BCUT2D eigenvalue weighted by atomic mass is 32.2. The van der Waals surface area contributed by atoms with E-state index >= 15 is 0 Å². The molecule has 1 saturated heterocycles. The Hall–Kier alpha value is -1.31. The first-order chi connectivity index (χ1) is 10.9. The van der Waals surface area contributed by atoms with Crippen LogP contribution in [0, 0.1) is 0 Å². The van der Waals surface area contributed by atoms with E-state index in [9.17, 15) is 8.42 Å². The molecule has 0 spiro atoms. The van der Waals surface area contributed by atoms with E-state index in [1.54, 1.807) is 26.0 Å². The van der Waals surface area contributed by atoms with Crippen molar-refractivity contribution >= 4 is 10.1 Å². The van der Waals surface area contributed by atoms with E-state index in [4.69, 9.17) is 13.7 Å². The van der Waals surface area contributed by atoms with Gasteiger partial charge in [0.15, 0.2) is 11.5 Å². The van der Waals surface area contributed by atoms with E-state index in [-0.39, 0.29) is 5.75 Å². The summed E-state index contributed by atoms with van der Waals surface area (Å²) < 4.78 is 39.9. The van der Waals surface area contributed by atoms with Gasteiger partial charge in [0.25, 0.3) is 0 Å². The highest BCUT2D eigenvalue weighted by Crippen LogP contribution is 2.29. The average molecular weight is 344 g/mol. The van der Waals surface area contributed by atoms with Crippen LogP contribution in [0.15, 0.2) is 18.2 Å². The lowest BCUT2D eigenvalue weighted by molar-refractivity contribution is -0.676. The number of hydrogen-bond donors (Lipinski definition) is 1. The summed E-state index contributed by atoms with van der Waals surface area (Å²) in [5.74, 6) is 0.654. The van der Waals surface area contributed by atoms with Crippen LogP contribution in [-0.4, -0.2) is 40.0 Å². The number of ether oxygens (including phenoxy) is 2. The first-order valence-electron chi connectivity index (χ1n) is 7.96. The molecule has 1 aromatic carbocycles. The van der Waals surface area contributed by atoms with Crippen LogP contribution in [0.4, 0.5) is 0 Å². The molecule has 0 radical (unpaired) electrons. The average Bonchev–Trinajstić information content (AvgIpc) is 3.00. The van der Waals surface area contributed by atoms with Gasteiger partial charge in [-0.15, -0.1) is 0 Å². The van der Waals surface area contributed by atoms with Crippen LogP contribution in [0.5, 0.6) is 11.5 Å². The van der Waals surface area contributed by atoms with Crippen LogP contribution in [0.25, 0.3) is 0 Å². The van der Waals surface area contributed by atoms with Crippen molar-refractivity contribution in [1.29, 1.82) is 0 Å². The van der Waals surface area contributed by atoms with Gasteiger partial charge in [-0.2, -0.15) is 8.42 Å². The molecule has 6 nitrogen and oxygen atoms in total. The summed E-state index contributed by atoms with van der Waals surface area (Å²) in [5.41, 5.74) is 0.984. The fourth-order valence-corrected chi connectivity index (χ4v) is 2.97. The maximum Gasteiger partial charge on any atom is 0.311 e. The van der Waals surface area contributed by atoms with Crippen molar-refractivity contribution in [2.75, 3.05) is 20.3 Å². The number of rotatable bonds is 8. The van der Waals surface area contributed by atoms with Gasteiger partial charge in [0.1, 0.15) is 19.2 Å². The third-order valence-electron chi connectivity index (χ3n) is 3.84. The van der Waals surface area contributed by atoms with Gasteiger partial charge < -0.3 is 19.0 Å². The smallest absolute Gasteiger partial charge is 0.311 e. The summed E-state index contributed by atoms with van der Waals surface area (Å²) in [6, 6.07) is 5.38. The van der Waals surface area contributed by atoms with E-state index in [0.717, 1.165) is 38.1 Å². The van der Waals surface area contributed by atoms with E-state index in [2.05, 4.69) is 5.32 Å². The fraction of sp³-hybridized carbons (Fsp3) is 0.625. The van der Waals surface area contributed by atoms with E-state index in [0.29, 0.717) is 11.9 Å². The zero-order valence-electron chi connectivity index (χ0n) is 13.9. The quantitative estimate of drug-likeness (QED) is 0.713. The molecule has 1 aliphatic rings. The lowest BCUT2D eigenvalue weighted by atomic mass is 10.2. The van der Waals surface area contributed by atoms with E-state index < -0.39 is 15.4 Å². The molecule has 0 amide bonds. The van der Waals surface area contributed by atoms with Gasteiger partial charge in [-0.25, -0.2) is 0 Å². The monoisotopic (exact) mass is 344 g/mol. The van der Waals surface area contributed by atoms with Crippen LogP contribution < -0.4 is 14.2 Å². The molecule has 0 aromatic heterocycles. The molecule has 1 aromatic rings. The molecule has 0 unspecified atom stereocenters. The lowest BCUT2D eigenvalue weighted by Gasteiger charge is -2.14. The number of quaternary nitrogens is 1. The van der Waals surface area contributed by atoms with Gasteiger partial charge in [0.2, 0.25) is 0 Å². The molecule has 130 valence electrons. The van der Waals surface area contributed by atoms with E-state index in [1.165, 1.54) is 7.11 Å². The minimum absolute atomic E-state index is 0.240. The van der Waals surface area contributed by atoms with Crippen molar-refractivity contribution < 1.29 is 27.4 Å². The number of nitrogens with two attached hydrogens (primary N) is 1. The third-order valence-corrected chi connectivity index (χ3v) is 5.41. The predicted octanol–water partition coefficient (Wildman–Crippen LogP) is 1.05. The second kappa shape index (κ2) is 7.99. The molecule has 0 bridgehead atoms. The van der Waals surface area contributed by atoms with Crippen LogP contribution in [-0.2, 0) is 21.4 Å². The lowest BCUT2D eigenvalue weighted by Crippen LogP contribution is -2.84. The first-order valence-corrected chi connectivity index (χ1v) is 9.43. The Morgan fingerprint density at radius 3 is 2.74 bits per heavy atom. The van der Waals surface area contributed by atoms with Crippen molar-refractivity contribution in [2.45, 2.75) is 44.6 Å². The van der Waals surface area contributed by atoms with Crippen LogP contribution in [0.3, 0.4) is 0 Å². The SMILES string of the molecule is COc1ccc(C[NH2+]C[C@@H]2CCCO2)cc1OS(=O)(=O)C(C)C. The van der Waals surface area contributed by atoms with Gasteiger partial charge in [0, 0.05) is 12.2 Å². The standard InChI is InChI=1S/C16H25NO5S/c1-12(2)23(18,19)22-16-9-13(6-7-15(16)20-3)10-17-11-14-5-4-8-21-14/h6-7,9,12,14,17H,4-5,8,10-11H2,1-3H3/p+1/t14-/m0/s1. The van der Waals surface area contributed by atoms with Gasteiger partial charge in [-0.1, -0.05) is 0 Å². The van der Waals surface area contributed by atoms with Crippen molar-refractivity contribution in [1.82, 2.24) is 0 Å². The Balaban J connectivity index is 2.02. The molecular formula is C16H26NO5S+. The zero-order valence-corrected chi connectivity index (χ0v) is 14.8. The molecule has 0 aliphatic carbocycles. The Morgan fingerprint density at radius 1 is 1.35 bits per heavy atom. The molecule has 1 aliphatic heterocycles. The molecule has 1 heterocycles. The Morgan fingerprint density at radius 2 is 2.13 bits per heavy atom. The van der Waals surface area contributed by atoms with Crippen LogP contribution in [0.1, 0.15) is 32.3 Å². The fourth-order valence-electron chi connectivity index (χ4n) is 2.40.